The van der Waals surface area contributed by atoms with Gasteiger partial charge in [-0.1, -0.05) is 51.1 Å². The summed E-state index contributed by atoms with van der Waals surface area (Å²) >= 11 is 0. The van der Waals surface area contributed by atoms with Gasteiger partial charge < -0.3 is 19.3 Å². The molecule has 1 saturated heterocycles. The second kappa shape index (κ2) is 12.3. The average molecular weight is 553 g/mol. The molecule has 4 aliphatic carbocycles. The summed E-state index contributed by atoms with van der Waals surface area (Å²) in [5, 5.41) is 9.51. The van der Waals surface area contributed by atoms with Crippen molar-refractivity contribution in [2.75, 3.05) is 13.2 Å². The summed E-state index contributed by atoms with van der Waals surface area (Å²) in [4.78, 5) is 0. The van der Waals surface area contributed by atoms with Gasteiger partial charge in [0.25, 0.3) is 0 Å². The van der Waals surface area contributed by atoms with Crippen LogP contribution in [0.1, 0.15) is 110 Å². The van der Waals surface area contributed by atoms with Crippen LogP contribution in [0.25, 0.3) is 0 Å². The smallest absolute Gasteiger partial charge is 0.157 e. The zero-order valence-electron chi connectivity index (χ0n) is 25.6. The molecule has 11 atom stereocenters. The highest BCUT2D eigenvalue weighted by Gasteiger charge is 2.63. The molecule has 5 aliphatic rings. The molecule has 5 unspecified atom stereocenters. The van der Waals surface area contributed by atoms with Crippen LogP contribution in [0.5, 0.6) is 0 Å². The maximum Gasteiger partial charge on any atom is 0.157 e. The van der Waals surface area contributed by atoms with Gasteiger partial charge in [0.05, 0.1) is 18.8 Å². The highest BCUT2D eigenvalue weighted by Crippen LogP contribution is 2.69. The SMILES string of the molecule is C[C@@H](CCCO)[C@H]1CCC2C3C(CC[C@@]21C)[C@@]1(C)CC[C@H](OC2CCCCO2)CC1C[C@@H]3OCc1ccccc1. The zero-order chi connectivity index (χ0) is 27.7. The van der Waals surface area contributed by atoms with Crippen LogP contribution in [0.4, 0.5) is 0 Å². The van der Waals surface area contributed by atoms with Crippen molar-refractivity contribution in [3.63, 3.8) is 0 Å². The molecule has 4 heteroatoms. The van der Waals surface area contributed by atoms with Gasteiger partial charge in [-0.25, -0.2) is 0 Å². The summed E-state index contributed by atoms with van der Waals surface area (Å²) in [5.41, 5.74) is 2.10. The van der Waals surface area contributed by atoms with Crippen molar-refractivity contribution in [1.82, 2.24) is 0 Å². The van der Waals surface area contributed by atoms with Gasteiger partial charge in [0, 0.05) is 13.2 Å². The molecule has 0 bridgehead atoms. The predicted octanol–water partition coefficient (Wildman–Crippen LogP) is 8.16. The van der Waals surface area contributed by atoms with Crippen LogP contribution >= 0.6 is 0 Å². The van der Waals surface area contributed by atoms with Crippen LogP contribution in [0.15, 0.2) is 30.3 Å². The van der Waals surface area contributed by atoms with Gasteiger partial charge in [-0.2, -0.15) is 0 Å². The Morgan fingerprint density at radius 3 is 2.52 bits per heavy atom. The maximum atomic E-state index is 9.51. The molecule has 0 radical (unpaired) electrons. The van der Waals surface area contributed by atoms with E-state index >= 15 is 0 Å². The Morgan fingerprint density at radius 1 is 0.950 bits per heavy atom. The lowest BCUT2D eigenvalue weighted by atomic mass is 9.43. The quantitative estimate of drug-likeness (QED) is 0.314. The van der Waals surface area contributed by atoms with Crippen LogP contribution in [0, 0.1) is 46.3 Å². The van der Waals surface area contributed by atoms with E-state index in [9.17, 15) is 5.11 Å². The molecule has 0 aromatic heterocycles. The monoisotopic (exact) mass is 552 g/mol. The number of hydrogen-bond donors (Lipinski definition) is 1. The first kappa shape index (κ1) is 29.1. The third kappa shape index (κ3) is 5.56. The lowest BCUT2D eigenvalue weighted by Gasteiger charge is -2.63. The molecule has 6 rings (SSSR count). The number of benzene rings is 1. The Morgan fingerprint density at radius 2 is 1.75 bits per heavy atom. The van der Waals surface area contributed by atoms with E-state index in [0.717, 1.165) is 50.2 Å². The van der Waals surface area contributed by atoms with E-state index in [1.54, 1.807) is 0 Å². The van der Waals surface area contributed by atoms with Crippen molar-refractivity contribution in [3.8, 4) is 0 Å². The highest BCUT2D eigenvalue weighted by atomic mass is 16.7. The fraction of sp³-hybridized carbons (Fsp3) is 0.833. The summed E-state index contributed by atoms with van der Waals surface area (Å²) in [6, 6.07) is 10.8. The zero-order valence-corrected chi connectivity index (χ0v) is 25.6. The summed E-state index contributed by atoms with van der Waals surface area (Å²) in [7, 11) is 0. The Bertz CT molecular complexity index is 945. The van der Waals surface area contributed by atoms with E-state index in [4.69, 9.17) is 14.2 Å². The molecular formula is C36H56O4. The van der Waals surface area contributed by atoms with Gasteiger partial charge in [0.2, 0.25) is 0 Å². The Kier molecular flexibility index (Phi) is 9.00. The number of ether oxygens (including phenoxy) is 3. The lowest BCUT2D eigenvalue weighted by molar-refractivity contribution is -0.226. The molecule has 1 aromatic carbocycles. The molecule has 1 heterocycles. The number of hydrogen-bond acceptors (Lipinski definition) is 4. The van der Waals surface area contributed by atoms with E-state index in [0.29, 0.717) is 47.4 Å². The fourth-order valence-corrected chi connectivity index (χ4v) is 10.9. The molecule has 1 aromatic rings. The van der Waals surface area contributed by atoms with Crippen molar-refractivity contribution in [2.24, 2.45) is 46.3 Å². The first-order valence-electron chi connectivity index (χ1n) is 17.0. The fourth-order valence-electron chi connectivity index (χ4n) is 10.9. The molecule has 4 saturated carbocycles. The van der Waals surface area contributed by atoms with Crippen LogP contribution in [-0.4, -0.2) is 36.8 Å². The number of aliphatic hydroxyl groups excluding tert-OH is 1. The van der Waals surface area contributed by atoms with Crippen LogP contribution in [0.2, 0.25) is 0 Å². The molecule has 1 aliphatic heterocycles. The van der Waals surface area contributed by atoms with E-state index < -0.39 is 0 Å². The van der Waals surface area contributed by atoms with Crippen molar-refractivity contribution in [2.45, 2.75) is 129 Å². The van der Waals surface area contributed by atoms with Gasteiger partial charge in [-0.05, 0) is 135 Å². The Hall–Kier alpha value is -0.940. The van der Waals surface area contributed by atoms with Crippen molar-refractivity contribution in [1.29, 1.82) is 0 Å². The van der Waals surface area contributed by atoms with Gasteiger partial charge in [0.15, 0.2) is 6.29 Å². The minimum Gasteiger partial charge on any atom is -0.396 e. The largest absolute Gasteiger partial charge is 0.396 e. The first-order chi connectivity index (χ1) is 19.4. The van der Waals surface area contributed by atoms with Crippen LogP contribution < -0.4 is 0 Å². The minimum absolute atomic E-state index is 0.0169. The van der Waals surface area contributed by atoms with Gasteiger partial charge in [-0.3, -0.25) is 0 Å². The number of fused-ring (bicyclic) bond motifs is 5. The molecule has 0 spiro atoms. The lowest BCUT2D eigenvalue weighted by Crippen LogP contribution is -2.59. The molecule has 4 nitrogen and oxygen atoms in total. The third-order valence-electron chi connectivity index (χ3n) is 13.0. The molecular weight excluding hydrogens is 496 g/mol. The van der Waals surface area contributed by atoms with Gasteiger partial charge in [0.1, 0.15) is 0 Å². The molecule has 224 valence electrons. The molecule has 1 N–H and O–H groups in total. The summed E-state index contributed by atoms with van der Waals surface area (Å²) in [6.45, 7) is 9.70. The second-order valence-electron chi connectivity index (χ2n) is 15.0. The van der Waals surface area contributed by atoms with E-state index in [1.165, 1.54) is 69.8 Å². The average Bonchev–Trinajstić information content (AvgIpc) is 3.33. The highest BCUT2D eigenvalue weighted by molar-refractivity contribution is 5.15. The van der Waals surface area contributed by atoms with Crippen LogP contribution in [0.3, 0.4) is 0 Å². The second-order valence-corrected chi connectivity index (χ2v) is 15.0. The maximum absolute atomic E-state index is 9.51. The number of rotatable bonds is 9. The molecule has 0 amide bonds. The number of aliphatic hydroxyl groups is 1. The minimum atomic E-state index is 0.0169. The summed E-state index contributed by atoms with van der Waals surface area (Å²) < 4.78 is 19.6. The predicted molar refractivity (Wildman–Crippen MR) is 160 cm³/mol. The Labute approximate surface area is 243 Å². The molecule has 5 fully saturated rings. The van der Waals surface area contributed by atoms with Crippen molar-refractivity contribution >= 4 is 0 Å². The van der Waals surface area contributed by atoms with Crippen molar-refractivity contribution in [3.05, 3.63) is 35.9 Å². The third-order valence-corrected chi connectivity index (χ3v) is 13.0. The van der Waals surface area contributed by atoms with Gasteiger partial charge in [-0.15, -0.1) is 0 Å². The summed E-state index contributed by atoms with van der Waals surface area (Å²) in [6.07, 6.45) is 16.6. The van der Waals surface area contributed by atoms with E-state index in [-0.39, 0.29) is 6.29 Å². The molecule has 40 heavy (non-hydrogen) atoms. The normalized spacial score (nSPS) is 43.9. The van der Waals surface area contributed by atoms with Gasteiger partial charge >= 0.3 is 0 Å². The Balaban J connectivity index is 1.23. The first-order valence-corrected chi connectivity index (χ1v) is 17.0. The van der Waals surface area contributed by atoms with Crippen LogP contribution in [-0.2, 0) is 20.8 Å². The summed E-state index contributed by atoms with van der Waals surface area (Å²) in [5.74, 6) is 4.33. The van der Waals surface area contributed by atoms with E-state index in [2.05, 4.69) is 51.1 Å². The van der Waals surface area contributed by atoms with Crippen molar-refractivity contribution < 1.29 is 19.3 Å². The van der Waals surface area contributed by atoms with E-state index in [1.807, 2.05) is 0 Å². The standard InChI is InChI=1S/C36H56O4/c1-25(10-9-20-37)29-14-15-30-34-31(17-19-36(29,30)3)35(2)18-16-28(40-33-13-7-8-21-38-33)22-27(35)23-32(34)39-24-26-11-5-4-6-12-26/h4-6,11-12,25,27-34,37H,7-10,13-24H2,1-3H3/t25-,27?,28-,29+,30?,31?,32-,33?,34?,35-,36+/m0/s1. The topological polar surface area (TPSA) is 47.9 Å².